The van der Waals surface area contributed by atoms with Crippen LogP contribution in [0, 0.1) is 0 Å². The van der Waals surface area contributed by atoms with Gasteiger partial charge in [-0.1, -0.05) is 300 Å². The zero-order valence-electron chi connectivity index (χ0n) is 61.0. The molecule has 0 spiro atoms. The maximum atomic E-state index is 13.4. The molecule has 1 amide bonds. The number of amides is 1. The summed E-state index contributed by atoms with van der Waals surface area (Å²) in [6, 6.07) is -0.960. The van der Waals surface area contributed by atoms with Gasteiger partial charge in [0.2, 0.25) is 5.91 Å². The molecule has 0 radical (unpaired) electrons. The molecular formula is C84H139NO13. The third-order valence-corrected chi connectivity index (χ3v) is 17.7. The van der Waals surface area contributed by atoms with Gasteiger partial charge in [-0.3, -0.25) is 4.79 Å². The van der Waals surface area contributed by atoms with Crippen molar-refractivity contribution in [1.29, 1.82) is 0 Å². The molecule has 0 saturated carbocycles. The third kappa shape index (κ3) is 48.4. The summed E-state index contributed by atoms with van der Waals surface area (Å²) in [5.74, 6) is -0.273. The first-order valence-electron chi connectivity index (χ1n) is 38.7. The average Bonchev–Trinajstić information content (AvgIpc) is 0.793. The van der Waals surface area contributed by atoms with Gasteiger partial charge in [0.25, 0.3) is 0 Å². The molecule has 2 saturated heterocycles. The Labute approximate surface area is 595 Å². The number of unbranched alkanes of at least 4 members (excludes halogenated alkanes) is 25. The molecule has 2 rings (SSSR count). The highest BCUT2D eigenvalue weighted by atomic mass is 16.7. The maximum absolute atomic E-state index is 13.4. The molecule has 98 heavy (non-hydrogen) atoms. The van der Waals surface area contributed by atoms with Gasteiger partial charge < -0.3 is 65.1 Å². The SMILES string of the molecule is CC/C=C\C/C=C\C/C=C\C/C=C\C/C=C\C/C=C\C/C=C\C/C=C\C/C=C\C/C=C\CCCCCCCCC(=O)NC(COC1OC(CO)C(OC2OC(CO)C(O)C(O)C2O)C(O)C1O)C(O)/C=C/CC/C=C/CC/C=C/CCCCCCCCCCCCCCCCCCC. The molecule has 12 unspecified atom stereocenters. The quantitative estimate of drug-likeness (QED) is 0.0204. The summed E-state index contributed by atoms with van der Waals surface area (Å²) >= 11 is 0. The summed E-state index contributed by atoms with van der Waals surface area (Å²) in [6.07, 6.45) is 84.5. The second-order valence-electron chi connectivity index (χ2n) is 26.4. The fourth-order valence-electron chi connectivity index (χ4n) is 11.6. The Morgan fingerprint density at radius 2 is 0.714 bits per heavy atom. The minimum absolute atomic E-state index is 0.242. The molecule has 9 N–H and O–H groups in total. The highest BCUT2D eigenvalue weighted by Gasteiger charge is 2.51. The predicted octanol–water partition coefficient (Wildman–Crippen LogP) is 17.3. The lowest BCUT2D eigenvalue weighted by Crippen LogP contribution is -2.65. The number of hydrogen-bond acceptors (Lipinski definition) is 13. The Morgan fingerprint density at radius 3 is 1.12 bits per heavy atom. The molecule has 12 atom stereocenters. The summed E-state index contributed by atoms with van der Waals surface area (Å²) in [7, 11) is 0. The lowest BCUT2D eigenvalue weighted by Gasteiger charge is -2.46. The summed E-state index contributed by atoms with van der Waals surface area (Å²) in [5, 5.41) is 87.6. The maximum Gasteiger partial charge on any atom is 0.220 e. The van der Waals surface area contributed by atoms with Crippen LogP contribution in [0.2, 0.25) is 0 Å². The first-order chi connectivity index (χ1) is 48.1. The van der Waals surface area contributed by atoms with Gasteiger partial charge in [-0.05, 0) is 122 Å². The molecule has 0 aromatic rings. The lowest BCUT2D eigenvalue weighted by atomic mass is 9.97. The number of hydrogen-bond donors (Lipinski definition) is 9. The second kappa shape index (κ2) is 65.9. The summed E-state index contributed by atoms with van der Waals surface area (Å²) < 4.78 is 22.9. The lowest BCUT2D eigenvalue weighted by molar-refractivity contribution is -0.359. The van der Waals surface area contributed by atoms with E-state index in [0.29, 0.717) is 12.8 Å². The molecule has 0 aliphatic carbocycles. The van der Waals surface area contributed by atoms with E-state index in [0.717, 1.165) is 128 Å². The molecule has 14 heteroatoms. The van der Waals surface area contributed by atoms with E-state index in [1.54, 1.807) is 6.08 Å². The van der Waals surface area contributed by atoms with Crippen molar-refractivity contribution in [2.24, 2.45) is 0 Å². The van der Waals surface area contributed by atoms with E-state index >= 15 is 0 Å². The third-order valence-electron chi connectivity index (χ3n) is 17.7. The molecule has 2 heterocycles. The Balaban J connectivity index is 1.69. The highest BCUT2D eigenvalue weighted by molar-refractivity contribution is 5.76. The number of carbonyl (C=O) groups excluding carboxylic acids is 1. The van der Waals surface area contributed by atoms with E-state index in [1.807, 2.05) is 6.08 Å². The van der Waals surface area contributed by atoms with Crippen LogP contribution in [-0.4, -0.2) is 140 Å². The molecule has 2 aliphatic heterocycles. The van der Waals surface area contributed by atoms with Crippen LogP contribution >= 0.6 is 0 Å². The van der Waals surface area contributed by atoms with Crippen LogP contribution in [0.15, 0.2) is 158 Å². The zero-order chi connectivity index (χ0) is 70.8. The number of nitrogens with one attached hydrogen (secondary N) is 1. The van der Waals surface area contributed by atoms with Crippen molar-refractivity contribution in [2.75, 3.05) is 19.8 Å². The smallest absolute Gasteiger partial charge is 0.220 e. The molecular weight excluding hydrogens is 1230 g/mol. The number of rotatable bonds is 62. The van der Waals surface area contributed by atoms with Crippen molar-refractivity contribution >= 4 is 5.91 Å². The van der Waals surface area contributed by atoms with Crippen LogP contribution in [0.3, 0.4) is 0 Å². The van der Waals surface area contributed by atoms with Gasteiger partial charge >= 0.3 is 0 Å². The minimum atomic E-state index is -1.80. The normalized spacial score (nSPS) is 23.0. The summed E-state index contributed by atoms with van der Waals surface area (Å²) in [5.41, 5.74) is 0. The molecule has 0 bridgehead atoms. The van der Waals surface area contributed by atoms with Crippen molar-refractivity contribution in [2.45, 2.75) is 344 Å². The van der Waals surface area contributed by atoms with Crippen LogP contribution < -0.4 is 5.32 Å². The molecule has 14 nitrogen and oxygen atoms in total. The number of ether oxygens (including phenoxy) is 4. The molecule has 2 fully saturated rings. The van der Waals surface area contributed by atoms with E-state index in [-0.39, 0.29) is 18.9 Å². The van der Waals surface area contributed by atoms with Crippen molar-refractivity contribution in [3.63, 3.8) is 0 Å². The van der Waals surface area contributed by atoms with Gasteiger partial charge in [0.05, 0.1) is 32.0 Å². The van der Waals surface area contributed by atoms with Crippen LogP contribution in [0.5, 0.6) is 0 Å². The first-order valence-corrected chi connectivity index (χ1v) is 38.7. The van der Waals surface area contributed by atoms with Gasteiger partial charge in [-0.15, -0.1) is 0 Å². The zero-order valence-corrected chi connectivity index (χ0v) is 61.0. The first kappa shape index (κ1) is 89.7. The fraction of sp³-hybridized carbons (Fsp3) is 0.679. The number of aliphatic hydroxyl groups is 8. The fourth-order valence-corrected chi connectivity index (χ4v) is 11.6. The van der Waals surface area contributed by atoms with Gasteiger partial charge in [-0.25, -0.2) is 0 Å². The number of allylic oxidation sites excluding steroid dienone is 25. The van der Waals surface area contributed by atoms with Crippen molar-refractivity contribution in [3.05, 3.63) is 158 Å². The molecule has 0 aromatic heterocycles. The van der Waals surface area contributed by atoms with Gasteiger partial charge in [0.1, 0.15) is 48.8 Å². The predicted molar refractivity (Wildman–Crippen MR) is 405 cm³/mol. The summed E-state index contributed by atoms with van der Waals surface area (Å²) in [4.78, 5) is 13.4. The van der Waals surface area contributed by atoms with Crippen molar-refractivity contribution < 1.29 is 64.6 Å². The molecule has 2 aliphatic rings. The highest BCUT2D eigenvalue weighted by Crippen LogP contribution is 2.30. The van der Waals surface area contributed by atoms with Crippen molar-refractivity contribution in [3.8, 4) is 0 Å². The Bertz CT molecular complexity index is 2260. The standard InChI is InChI=1S/C84H139NO13/c1-3-5-7-9-11-13-15-17-19-21-23-25-27-29-31-32-33-34-35-36-37-38-39-40-42-44-46-48-50-52-54-56-58-60-62-64-66-68-76(89)85-72(71-95-83-81(94)79(92)82(75(70-87)97-83)98-84-80(93)78(91)77(90)74(69-86)96-84)73(88)67-65-63-61-59-57-55-53-51-49-47-45-43-41-30-28-26-24-22-20-18-16-14-12-10-8-6-4-2/h5,7,11,13,17,19,23,25,29,31,33-34,36-37,39-40,44,46,49-52,57,59,65,67,72-75,77-84,86-88,90-94H,3-4,6,8-10,12,14-16,18,20-22,24,26-28,30,32,35,38,41-43,45,47-48,53-56,58,60-64,66,68-71H2,1-2H3,(H,85,89)/b7-5-,13-11-,19-17-,25-23-,31-29-,34-33-,37-36-,40-39-,46-44-,51-49+,52-50-,59-57+,67-65+. The number of aliphatic hydroxyl groups excluding tert-OH is 8. The van der Waals surface area contributed by atoms with E-state index in [2.05, 4.69) is 165 Å². The largest absolute Gasteiger partial charge is 0.394 e. The Hall–Kier alpha value is -4.39. The van der Waals surface area contributed by atoms with Crippen LogP contribution in [0.4, 0.5) is 0 Å². The average molecular weight is 1370 g/mol. The van der Waals surface area contributed by atoms with E-state index in [9.17, 15) is 45.6 Å². The van der Waals surface area contributed by atoms with Crippen LogP contribution in [0.1, 0.15) is 271 Å². The van der Waals surface area contributed by atoms with Crippen LogP contribution in [-0.2, 0) is 23.7 Å². The minimum Gasteiger partial charge on any atom is -0.394 e. The topological polar surface area (TPSA) is 228 Å². The van der Waals surface area contributed by atoms with Crippen molar-refractivity contribution in [1.82, 2.24) is 5.32 Å². The van der Waals surface area contributed by atoms with Gasteiger partial charge in [0.15, 0.2) is 12.6 Å². The molecule has 558 valence electrons. The van der Waals surface area contributed by atoms with Gasteiger partial charge in [-0.2, -0.15) is 0 Å². The van der Waals surface area contributed by atoms with Gasteiger partial charge in [0, 0.05) is 6.42 Å². The monoisotopic (exact) mass is 1370 g/mol. The molecule has 0 aromatic carbocycles. The van der Waals surface area contributed by atoms with E-state index in [1.165, 1.54) is 109 Å². The van der Waals surface area contributed by atoms with E-state index in [4.69, 9.17) is 18.9 Å². The van der Waals surface area contributed by atoms with Crippen LogP contribution in [0.25, 0.3) is 0 Å². The Morgan fingerprint density at radius 1 is 0.378 bits per heavy atom. The Kier molecular flexibility index (Phi) is 60.3. The number of carbonyl (C=O) groups is 1. The van der Waals surface area contributed by atoms with E-state index < -0.39 is 86.8 Å². The second-order valence-corrected chi connectivity index (χ2v) is 26.4. The summed E-state index contributed by atoms with van der Waals surface area (Å²) in [6.45, 7) is 2.66.